The molecule has 0 aliphatic heterocycles. The van der Waals surface area contributed by atoms with E-state index in [1.165, 1.54) is 51.0 Å². The highest BCUT2D eigenvalue weighted by Gasteiger charge is 2.64. The minimum Gasteiger partial charge on any atom is -0.461 e. The molecule has 0 aromatic heterocycles. The lowest BCUT2D eigenvalue weighted by Crippen LogP contribution is -2.58. The van der Waals surface area contributed by atoms with E-state index in [9.17, 15) is 14.9 Å². The standard InChI is InChI=1S/C34H51NO4.CH4/c1-21-15-16-33(5)26(17-21)18-23(3)32-28-13-12-27(34(28,6)24(4)19-29(32)33)22(2)11-14-31(36)39-20-25-9-7-8-10-30(25)35(37)38;/h7-10,21-24,26-29,32H,11-20H2,1-6H3;1H4/t21-,22?,23-,24+,26?,27?,28?,29?,32?,33?,34?;/m1./s1. The molecular weight excluding hydrogens is 498 g/mol. The van der Waals surface area contributed by atoms with Crippen molar-refractivity contribution >= 4 is 11.7 Å². The molecule has 4 saturated carbocycles. The van der Waals surface area contributed by atoms with Gasteiger partial charge in [0.05, 0.1) is 10.5 Å². The number of ether oxygens (including phenoxy) is 1. The minimum atomic E-state index is -0.416. The number of fused-ring (bicyclic) bond motifs is 5. The van der Waals surface area contributed by atoms with E-state index >= 15 is 0 Å². The molecule has 40 heavy (non-hydrogen) atoms. The quantitative estimate of drug-likeness (QED) is 0.191. The lowest BCUT2D eigenvalue weighted by molar-refractivity contribution is -0.385. The van der Waals surface area contributed by atoms with Gasteiger partial charge in [-0.3, -0.25) is 14.9 Å². The Balaban J connectivity index is 0.00000370. The highest BCUT2D eigenvalue weighted by Crippen LogP contribution is 2.71. The van der Waals surface area contributed by atoms with Gasteiger partial charge >= 0.3 is 5.97 Å². The first-order valence-corrected chi connectivity index (χ1v) is 15.8. The summed E-state index contributed by atoms with van der Waals surface area (Å²) in [5, 5.41) is 11.3. The minimum absolute atomic E-state index is 0. The van der Waals surface area contributed by atoms with Gasteiger partial charge in [-0.1, -0.05) is 67.5 Å². The van der Waals surface area contributed by atoms with Crippen LogP contribution in [0.25, 0.3) is 0 Å². The van der Waals surface area contributed by atoms with Crippen LogP contribution < -0.4 is 0 Å². The molecule has 4 fully saturated rings. The van der Waals surface area contributed by atoms with Crippen molar-refractivity contribution in [3.8, 4) is 0 Å². The fourth-order valence-corrected chi connectivity index (χ4v) is 10.7. The van der Waals surface area contributed by atoms with Crippen molar-refractivity contribution in [2.45, 2.75) is 113 Å². The number of nitro benzene ring substituents is 1. The van der Waals surface area contributed by atoms with Crippen LogP contribution in [0.1, 0.15) is 112 Å². The van der Waals surface area contributed by atoms with Gasteiger partial charge in [0, 0.05) is 12.5 Å². The van der Waals surface area contributed by atoms with E-state index < -0.39 is 4.92 Å². The number of carbonyl (C=O) groups excluding carboxylic acids is 1. The van der Waals surface area contributed by atoms with E-state index in [1.807, 2.05) is 0 Å². The van der Waals surface area contributed by atoms with Crippen molar-refractivity contribution in [3.63, 3.8) is 0 Å². The van der Waals surface area contributed by atoms with Crippen LogP contribution >= 0.6 is 0 Å². The summed E-state index contributed by atoms with van der Waals surface area (Å²) in [5.74, 6) is 6.73. The molecule has 0 saturated heterocycles. The topological polar surface area (TPSA) is 69.4 Å². The van der Waals surface area contributed by atoms with E-state index in [1.54, 1.807) is 18.2 Å². The Morgan fingerprint density at radius 2 is 1.80 bits per heavy atom. The summed E-state index contributed by atoms with van der Waals surface area (Å²) in [5.41, 5.74) is 1.33. The number of hydrogen-bond acceptors (Lipinski definition) is 4. The molecule has 5 nitrogen and oxygen atoms in total. The summed E-state index contributed by atoms with van der Waals surface area (Å²) < 4.78 is 5.50. The van der Waals surface area contributed by atoms with Gasteiger partial charge in [-0.05, 0) is 115 Å². The molecule has 8 unspecified atom stereocenters. The van der Waals surface area contributed by atoms with Crippen LogP contribution in [0.3, 0.4) is 0 Å². The van der Waals surface area contributed by atoms with Crippen LogP contribution in [0.15, 0.2) is 24.3 Å². The zero-order valence-corrected chi connectivity index (χ0v) is 25.2. The van der Waals surface area contributed by atoms with Gasteiger partial charge in [0.2, 0.25) is 0 Å². The Hall–Kier alpha value is -1.91. The van der Waals surface area contributed by atoms with Crippen molar-refractivity contribution in [1.82, 2.24) is 0 Å². The molecular formula is C35H55NO4. The van der Waals surface area contributed by atoms with Gasteiger partial charge in [0.25, 0.3) is 5.69 Å². The molecule has 0 bridgehead atoms. The second-order valence-electron chi connectivity index (χ2n) is 14.8. The van der Waals surface area contributed by atoms with Crippen LogP contribution in [-0.2, 0) is 16.1 Å². The molecule has 4 aliphatic carbocycles. The van der Waals surface area contributed by atoms with Crippen LogP contribution in [0.5, 0.6) is 0 Å². The second kappa shape index (κ2) is 11.8. The number of hydrogen-bond donors (Lipinski definition) is 0. The van der Waals surface area contributed by atoms with E-state index in [2.05, 4.69) is 41.5 Å². The number of nitrogens with zero attached hydrogens (tertiary/aromatic N) is 1. The van der Waals surface area contributed by atoms with E-state index in [0.717, 1.165) is 41.9 Å². The molecule has 1 aromatic rings. The molecule has 5 heteroatoms. The molecule has 0 radical (unpaired) electrons. The Morgan fingerprint density at radius 3 is 2.52 bits per heavy atom. The van der Waals surface area contributed by atoms with Gasteiger partial charge < -0.3 is 4.74 Å². The average molecular weight is 554 g/mol. The number of esters is 1. The number of carbonyl (C=O) groups is 1. The lowest BCUT2D eigenvalue weighted by atomic mass is 9.40. The monoisotopic (exact) mass is 553 g/mol. The maximum absolute atomic E-state index is 12.7. The Bertz CT molecular complexity index is 1070. The predicted octanol–water partition coefficient (Wildman–Crippen LogP) is 9.48. The third-order valence-electron chi connectivity index (χ3n) is 13.0. The summed E-state index contributed by atoms with van der Waals surface area (Å²) >= 11 is 0. The predicted molar refractivity (Wildman–Crippen MR) is 161 cm³/mol. The molecule has 0 N–H and O–H groups in total. The van der Waals surface area contributed by atoms with Crippen molar-refractivity contribution in [1.29, 1.82) is 0 Å². The zero-order valence-electron chi connectivity index (χ0n) is 25.2. The molecule has 4 aliphatic rings. The highest BCUT2D eigenvalue weighted by atomic mass is 16.6. The zero-order chi connectivity index (χ0) is 28.1. The largest absolute Gasteiger partial charge is 0.461 e. The summed E-state index contributed by atoms with van der Waals surface area (Å²) in [6, 6.07) is 6.50. The Morgan fingerprint density at radius 1 is 1.07 bits per heavy atom. The van der Waals surface area contributed by atoms with E-state index in [0.29, 0.717) is 40.6 Å². The molecule has 0 amide bonds. The second-order valence-corrected chi connectivity index (χ2v) is 14.8. The first kappa shape index (κ1) is 31.0. The van der Waals surface area contributed by atoms with Crippen LogP contribution in [0.2, 0.25) is 0 Å². The maximum Gasteiger partial charge on any atom is 0.306 e. The number of para-hydroxylation sites is 1. The molecule has 11 atom stereocenters. The van der Waals surface area contributed by atoms with Crippen LogP contribution in [-0.4, -0.2) is 10.9 Å². The summed E-state index contributed by atoms with van der Waals surface area (Å²) in [6.07, 6.45) is 10.9. The maximum atomic E-state index is 12.7. The van der Waals surface area contributed by atoms with Crippen molar-refractivity contribution < 1.29 is 14.5 Å². The molecule has 5 rings (SSSR count). The first-order chi connectivity index (χ1) is 18.5. The van der Waals surface area contributed by atoms with Crippen molar-refractivity contribution in [2.75, 3.05) is 0 Å². The van der Waals surface area contributed by atoms with E-state index in [4.69, 9.17) is 4.74 Å². The summed E-state index contributed by atoms with van der Waals surface area (Å²) in [4.78, 5) is 23.5. The average Bonchev–Trinajstić information content (AvgIpc) is 3.26. The molecule has 224 valence electrons. The lowest BCUT2D eigenvalue weighted by Gasteiger charge is -2.65. The van der Waals surface area contributed by atoms with Gasteiger partial charge in [0.1, 0.15) is 6.61 Å². The van der Waals surface area contributed by atoms with Gasteiger partial charge in [-0.25, -0.2) is 0 Å². The third-order valence-corrected chi connectivity index (χ3v) is 13.0. The molecule has 1 aromatic carbocycles. The first-order valence-electron chi connectivity index (χ1n) is 15.8. The SMILES string of the molecule is C.CC(CCC(=O)OCc1ccccc1[N+](=O)[O-])C1CCC2C3C(C[C@H](C)C12C)C1(C)CC[C@@H](C)CC1C[C@H]3C. The fourth-order valence-electron chi connectivity index (χ4n) is 10.7. The van der Waals surface area contributed by atoms with E-state index in [-0.39, 0.29) is 25.7 Å². The third kappa shape index (κ3) is 5.24. The highest BCUT2D eigenvalue weighted by molar-refractivity contribution is 5.69. The fraction of sp³-hybridized carbons (Fsp3) is 0.800. The summed E-state index contributed by atoms with van der Waals surface area (Å²) in [6.45, 7) is 15.2. The Kier molecular flexibility index (Phi) is 9.13. The molecule has 0 heterocycles. The van der Waals surface area contributed by atoms with Gasteiger partial charge in [-0.15, -0.1) is 0 Å². The smallest absolute Gasteiger partial charge is 0.306 e. The summed E-state index contributed by atoms with van der Waals surface area (Å²) in [7, 11) is 0. The Labute approximate surface area is 243 Å². The number of rotatable bonds is 7. The van der Waals surface area contributed by atoms with Gasteiger partial charge in [0.15, 0.2) is 0 Å². The normalized spacial score (nSPS) is 41.0. The van der Waals surface area contributed by atoms with Gasteiger partial charge in [-0.2, -0.15) is 0 Å². The number of nitro groups is 1. The van der Waals surface area contributed by atoms with Crippen molar-refractivity contribution in [3.05, 3.63) is 39.9 Å². The van der Waals surface area contributed by atoms with Crippen molar-refractivity contribution in [2.24, 2.45) is 64.1 Å². The molecule has 0 spiro atoms. The van der Waals surface area contributed by atoms with Crippen LogP contribution in [0.4, 0.5) is 5.69 Å². The van der Waals surface area contributed by atoms with Crippen LogP contribution in [0, 0.1) is 74.2 Å². The number of benzene rings is 1.